The summed E-state index contributed by atoms with van der Waals surface area (Å²) in [6.45, 7) is 4.52. The maximum absolute atomic E-state index is 11.5. The lowest BCUT2D eigenvalue weighted by Crippen LogP contribution is -2.17. The maximum Gasteiger partial charge on any atom is 0.252 e. The van der Waals surface area contributed by atoms with Crippen molar-refractivity contribution in [1.82, 2.24) is 4.98 Å². The van der Waals surface area contributed by atoms with Crippen LogP contribution >= 0.6 is 22.7 Å². The van der Waals surface area contributed by atoms with Crippen molar-refractivity contribution in [3.8, 4) is 10.6 Å². The summed E-state index contributed by atoms with van der Waals surface area (Å²) in [5.74, 6) is -0.167. The number of ether oxygens (including phenoxy) is 1. The Morgan fingerprint density at radius 3 is 3.00 bits per heavy atom. The highest BCUT2D eigenvalue weighted by atomic mass is 32.1. The predicted octanol–water partition coefficient (Wildman–Crippen LogP) is 3.16. The van der Waals surface area contributed by atoms with Gasteiger partial charge in [0.2, 0.25) is 0 Å². The van der Waals surface area contributed by atoms with Crippen LogP contribution in [-0.4, -0.2) is 24.1 Å². The predicted molar refractivity (Wildman–Crippen MR) is 75.3 cm³/mol. The van der Waals surface area contributed by atoms with Crippen molar-refractivity contribution in [2.45, 2.75) is 13.8 Å². The number of thiophene rings is 1. The number of amides is 1. The van der Waals surface area contributed by atoms with Gasteiger partial charge in [0.05, 0.1) is 10.6 Å². The average molecular weight is 282 g/mol. The zero-order chi connectivity index (χ0) is 13.0. The van der Waals surface area contributed by atoms with E-state index in [9.17, 15) is 4.79 Å². The fourth-order valence-corrected chi connectivity index (χ4v) is 3.00. The van der Waals surface area contributed by atoms with Gasteiger partial charge in [-0.2, -0.15) is 0 Å². The molecule has 0 saturated heterocycles. The Morgan fingerprint density at radius 1 is 1.50 bits per heavy atom. The second kappa shape index (κ2) is 6.08. The molecule has 0 saturated carbocycles. The number of rotatable bonds is 5. The van der Waals surface area contributed by atoms with Crippen molar-refractivity contribution >= 4 is 33.7 Å². The summed E-state index contributed by atoms with van der Waals surface area (Å²) >= 11 is 3.12. The molecule has 0 aliphatic carbocycles. The van der Waals surface area contributed by atoms with Crippen molar-refractivity contribution < 1.29 is 9.53 Å². The van der Waals surface area contributed by atoms with Gasteiger partial charge in [0.1, 0.15) is 6.61 Å². The van der Waals surface area contributed by atoms with Gasteiger partial charge < -0.3 is 4.74 Å². The lowest BCUT2D eigenvalue weighted by atomic mass is 10.4. The number of aromatic nitrogens is 1. The van der Waals surface area contributed by atoms with Gasteiger partial charge in [-0.05, 0) is 26.0 Å². The molecule has 1 N–H and O–H groups in total. The second-order valence-electron chi connectivity index (χ2n) is 3.63. The topological polar surface area (TPSA) is 51.2 Å². The SMILES string of the molecule is CCOCC(=O)Nc1nc(-c2ccc(C)s2)cs1. The van der Waals surface area contributed by atoms with E-state index in [0.717, 1.165) is 10.6 Å². The van der Waals surface area contributed by atoms with Crippen LogP contribution in [0.25, 0.3) is 10.6 Å². The van der Waals surface area contributed by atoms with Crippen LogP contribution in [0.3, 0.4) is 0 Å². The van der Waals surface area contributed by atoms with E-state index in [1.165, 1.54) is 16.2 Å². The summed E-state index contributed by atoms with van der Waals surface area (Å²) in [5, 5.41) is 5.28. The number of anilines is 1. The molecule has 0 bridgehead atoms. The molecule has 0 radical (unpaired) electrons. The molecule has 0 aliphatic heterocycles. The minimum absolute atomic E-state index is 0.0729. The third-order valence-electron chi connectivity index (χ3n) is 2.18. The van der Waals surface area contributed by atoms with Crippen LogP contribution in [0.4, 0.5) is 5.13 Å². The number of carbonyl (C=O) groups excluding carboxylic acids is 1. The summed E-state index contributed by atoms with van der Waals surface area (Å²) in [5.41, 5.74) is 0.907. The van der Waals surface area contributed by atoms with Crippen LogP contribution in [0.5, 0.6) is 0 Å². The fraction of sp³-hybridized carbons (Fsp3) is 0.333. The van der Waals surface area contributed by atoms with Crippen LogP contribution in [0.1, 0.15) is 11.8 Å². The largest absolute Gasteiger partial charge is 0.372 e. The molecule has 0 aromatic carbocycles. The number of carbonyl (C=O) groups is 1. The molecule has 1 amide bonds. The third kappa shape index (κ3) is 3.38. The number of nitrogens with zero attached hydrogens (tertiary/aromatic N) is 1. The third-order valence-corrected chi connectivity index (χ3v) is 3.96. The molecule has 0 atom stereocenters. The van der Waals surface area contributed by atoms with Crippen molar-refractivity contribution in [3.63, 3.8) is 0 Å². The minimum atomic E-state index is -0.167. The number of thiazole rings is 1. The Balaban J connectivity index is 2.00. The van der Waals surface area contributed by atoms with E-state index in [1.54, 1.807) is 11.3 Å². The van der Waals surface area contributed by atoms with Crippen molar-refractivity contribution in [2.24, 2.45) is 0 Å². The summed E-state index contributed by atoms with van der Waals surface area (Å²) in [6, 6.07) is 4.10. The van der Waals surface area contributed by atoms with E-state index >= 15 is 0 Å². The molecular weight excluding hydrogens is 268 g/mol. The van der Waals surface area contributed by atoms with E-state index in [1.807, 2.05) is 18.4 Å². The van der Waals surface area contributed by atoms with Crippen LogP contribution in [0.15, 0.2) is 17.5 Å². The highest BCUT2D eigenvalue weighted by Gasteiger charge is 2.09. The molecule has 0 spiro atoms. The van der Waals surface area contributed by atoms with Crippen LogP contribution in [0, 0.1) is 6.92 Å². The Bertz CT molecular complexity index is 534. The lowest BCUT2D eigenvalue weighted by Gasteiger charge is -2.00. The smallest absolute Gasteiger partial charge is 0.252 e. The molecule has 0 aliphatic rings. The first-order chi connectivity index (χ1) is 8.69. The fourth-order valence-electron chi connectivity index (χ4n) is 1.37. The number of nitrogens with one attached hydrogen (secondary N) is 1. The second-order valence-corrected chi connectivity index (χ2v) is 5.78. The van der Waals surface area contributed by atoms with Crippen molar-refractivity contribution in [2.75, 3.05) is 18.5 Å². The molecule has 2 aromatic heterocycles. The summed E-state index contributed by atoms with van der Waals surface area (Å²) in [6.07, 6.45) is 0. The Labute approximate surface area is 114 Å². The van der Waals surface area contributed by atoms with Crippen molar-refractivity contribution in [3.05, 3.63) is 22.4 Å². The molecule has 96 valence electrons. The van der Waals surface area contributed by atoms with E-state index in [4.69, 9.17) is 4.74 Å². The summed E-state index contributed by atoms with van der Waals surface area (Å²) in [7, 11) is 0. The van der Waals surface area contributed by atoms with Gasteiger partial charge in [-0.1, -0.05) is 0 Å². The zero-order valence-electron chi connectivity index (χ0n) is 10.2. The van der Waals surface area contributed by atoms with Crippen molar-refractivity contribution in [1.29, 1.82) is 0 Å². The number of hydrogen-bond donors (Lipinski definition) is 1. The Hall–Kier alpha value is -1.24. The molecular formula is C12H14N2O2S2. The number of hydrogen-bond acceptors (Lipinski definition) is 5. The van der Waals surface area contributed by atoms with E-state index in [0.29, 0.717) is 11.7 Å². The first-order valence-corrected chi connectivity index (χ1v) is 7.28. The highest BCUT2D eigenvalue weighted by Crippen LogP contribution is 2.30. The average Bonchev–Trinajstić information content (AvgIpc) is 2.95. The van der Waals surface area contributed by atoms with Gasteiger partial charge in [-0.3, -0.25) is 10.1 Å². The van der Waals surface area contributed by atoms with Gasteiger partial charge in [-0.15, -0.1) is 22.7 Å². The highest BCUT2D eigenvalue weighted by molar-refractivity contribution is 7.17. The first kappa shape index (κ1) is 13.2. The molecule has 2 aromatic rings. The Kier molecular flexibility index (Phi) is 4.46. The first-order valence-electron chi connectivity index (χ1n) is 5.59. The molecule has 6 heteroatoms. The molecule has 4 nitrogen and oxygen atoms in total. The van der Waals surface area contributed by atoms with Crippen LogP contribution in [-0.2, 0) is 9.53 Å². The van der Waals surface area contributed by atoms with E-state index in [2.05, 4.69) is 23.3 Å². The molecule has 2 rings (SSSR count). The molecule has 18 heavy (non-hydrogen) atoms. The quantitative estimate of drug-likeness (QED) is 0.916. The normalized spacial score (nSPS) is 10.6. The van der Waals surface area contributed by atoms with Gasteiger partial charge in [0.25, 0.3) is 5.91 Å². The van der Waals surface area contributed by atoms with Crippen LogP contribution in [0.2, 0.25) is 0 Å². The van der Waals surface area contributed by atoms with Gasteiger partial charge in [-0.25, -0.2) is 4.98 Å². The monoisotopic (exact) mass is 282 g/mol. The molecule has 0 fully saturated rings. The minimum Gasteiger partial charge on any atom is -0.372 e. The van der Waals surface area contributed by atoms with Crippen LogP contribution < -0.4 is 5.32 Å². The summed E-state index contributed by atoms with van der Waals surface area (Å²) < 4.78 is 5.03. The lowest BCUT2D eigenvalue weighted by molar-refractivity contribution is -0.120. The summed E-state index contributed by atoms with van der Waals surface area (Å²) in [4.78, 5) is 18.2. The standard InChI is InChI=1S/C12H14N2O2S2/c1-3-16-6-11(15)14-12-13-9(7-17-12)10-5-4-8(2)18-10/h4-5,7H,3,6H2,1-2H3,(H,13,14,15). The van der Waals surface area contributed by atoms with Gasteiger partial charge >= 0.3 is 0 Å². The van der Waals surface area contributed by atoms with Gasteiger partial charge in [0.15, 0.2) is 5.13 Å². The number of aryl methyl sites for hydroxylation is 1. The maximum atomic E-state index is 11.5. The van der Waals surface area contributed by atoms with Gasteiger partial charge in [0, 0.05) is 16.9 Å². The Morgan fingerprint density at radius 2 is 2.33 bits per heavy atom. The van der Waals surface area contributed by atoms with E-state index < -0.39 is 0 Å². The zero-order valence-corrected chi connectivity index (χ0v) is 11.9. The molecule has 0 unspecified atom stereocenters. The van der Waals surface area contributed by atoms with E-state index in [-0.39, 0.29) is 12.5 Å². The molecule has 2 heterocycles.